The lowest BCUT2D eigenvalue weighted by Gasteiger charge is -2.12. The summed E-state index contributed by atoms with van der Waals surface area (Å²) in [6.45, 7) is -0.358. The Balaban J connectivity index is 1.66. The molecule has 4 aromatic carbocycles. The third kappa shape index (κ3) is 6.77. The Hall–Kier alpha value is -4.41. The van der Waals surface area contributed by atoms with Crippen LogP contribution < -0.4 is 15.8 Å². The van der Waals surface area contributed by atoms with E-state index in [1.807, 2.05) is 0 Å². The maximum absolute atomic E-state index is 12.6. The smallest absolute Gasteiger partial charge is 0.295 e. The van der Waals surface area contributed by atoms with Crippen molar-refractivity contribution in [3.63, 3.8) is 0 Å². The number of amides is 1. The Morgan fingerprint density at radius 2 is 1.50 bits per heavy atom. The number of benzene rings is 4. The van der Waals surface area contributed by atoms with Gasteiger partial charge in [0.25, 0.3) is 26.1 Å². The number of hydrogen-bond donors (Lipinski definition) is 5. The Labute approximate surface area is 228 Å². The summed E-state index contributed by atoms with van der Waals surface area (Å²) in [6, 6.07) is 16.5. The van der Waals surface area contributed by atoms with Gasteiger partial charge in [0.1, 0.15) is 17.3 Å². The maximum atomic E-state index is 12.6. The number of nitrogen functional groups attached to an aromatic ring is 1. The fourth-order valence-corrected chi connectivity index (χ4v) is 4.95. The van der Waals surface area contributed by atoms with Gasteiger partial charge in [-0.1, -0.05) is 6.07 Å². The van der Waals surface area contributed by atoms with Crippen LogP contribution >= 0.6 is 0 Å². The van der Waals surface area contributed by atoms with Crippen molar-refractivity contribution in [3.8, 4) is 5.75 Å². The average Bonchev–Trinajstić information content (AvgIpc) is 2.90. The summed E-state index contributed by atoms with van der Waals surface area (Å²) >= 11 is 0. The molecule has 15 heteroatoms. The minimum atomic E-state index is -4.87. The number of nitrogens with one attached hydrogen (secondary N) is 1. The van der Waals surface area contributed by atoms with Gasteiger partial charge in [-0.25, -0.2) is 0 Å². The van der Waals surface area contributed by atoms with Crippen molar-refractivity contribution in [2.45, 2.75) is 9.79 Å². The molecule has 0 fully saturated rings. The van der Waals surface area contributed by atoms with Crippen molar-refractivity contribution in [2.75, 3.05) is 24.3 Å². The molecule has 0 atom stereocenters. The van der Waals surface area contributed by atoms with Crippen LogP contribution in [0.25, 0.3) is 10.8 Å². The highest BCUT2D eigenvalue weighted by Crippen LogP contribution is 2.33. The van der Waals surface area contributed by atoms with Crippen LogP contribution in [0, 0.1) is 0 Å². The molecule has 0 aromatic heterocycles. The Kier molecular flexibility index (Phi) is 8.13. The van der Waals surface area contributed by atoms with Gasteiger partial charge < -0.3 is 20.9 Å². The quantitative estimate of drug-likeness (QED) is 0.108. The van der Waals surface area contributed by atoms with E-state index in [1.165, 1.54) is 36.4 Å². The fourth-order valence-electron chi connectivity index (χ4n) is 3.61. The van der Waals surface area contributed by atoms with Crippen LogP contribution in [0.4, 0.5) is 22.7 Å². The number of nitrogens with two attached hydrogens (primary N) is 1. The van der Waals surface area contributed by atoms with E-state index in [4.69, 9.17) is 10.5 Å². The lowest BCUT2D eigenvalue weighted by atomic mass is 10.1. The largest absolute Gasteiger partial charge is 0.489 e. The van der Waals surface area contributed by atoms with Crippen LogP contribution in [0.5, 0.6) is 5.75 Å². The number of hydrogen-bond acceptors (Lipinski definition) is 10. The van der Waals surface area contributed by atoms with E-state index in [0.29, 0.717) is 23.0 Å². The molecule has 0 saturated heterocycles. The number of anilines is 2. The lowest BCUT2D eigenvalue weighted by Crippen LogP contribution is -2.13. The first-order chi connectivity index (χ1) is 18.8. The van der Waals surface area contributed by atoms with Gasteiger partial charge in [0.05, 0.1) is 28.6 Å². The third-order valence-corrected chi connectivity index (χ3v) is 7.19. The second-order valence-electron chi connectivity index (χ2n) is 8.31. The first kappa shape index (κ1) is 28.6. The lowest BCUT2D eigenvalue weighted by molar-refractivity contribution is 0.102. The zero-order chi connectivity index (χ0) is 29.1. The molecule has 208 valence electrons. The van der Waals surface area contributed by atoms with Crippen LogP contribution in [-0.2, 0) is 20.2 Å². The average molecular weight is 587 g/mol. The fraction of sp³-hybridized carbons (Fsp3) is 0.0800. The van der Waals surface area contributed by atoms with E-state index in [0.717, 1.165) is 6.07 Å². The molecule has 0 saturated carbocycles. The number of aliphatic hydroxyl groups excluding tert-OH is 1. The first-order valence-corrected chi connectivity index (χ1v) is 14.2. The van der Waals surface area contributed by atoms with Crippen LogP contribution in [-0.4, -0.2) is 50.2 Å². The van der Waals surface area contributed by atoms with Crippen molar-refractivity contribution in [3.05, 3.63) is 78.4 Å². The zero-order valence-electron chi connectivity index (χ0n) is 20.4. The van der Waals surface area contributed by atoms with Crippen molar-refractivity contribution in [1.29, 1.82) is 0 Å². The molecule has 13 nitrogen and oxygen atoms in total. The van der Waals surface area contributed by atoms with Crippen molar-refractivity contribution in [1.82, 2.24) is 0 Å². The molecule has 0 radical (unpaired) electrons. The van der Waals surface area contributed by atoms with Gasteiger partial charge in [-0.15, -0.1) is 0 Å². The standard InChI is InChI=1S/C25H22N4O9S2/c26-17-4-1-15(2-5-17)25(31)27-22-8-7-19(13-23(22)38-10-9-30)29-28-18-6-3-16-11-20(39(32,33)34)14-24(21(16)12-18)40(35,36)37/h1-8,11-14,30H,9-10,26H2,(H,27,31)(H,32,33,34)(H,35,36,37). The summed E-state index contributed by atoms with van der Waals surface area (Å²) in [5.41, 5.74) is 7.24. The van der Waals surface area contributed by atoms with E-state index in [-0.39, 0.29) is 41.1 Å². The Bertz CT molecular complexity index is 1840. The number of nitrogens with zero attached hydrogens (tertiary/aromatic N) is 2. The van der Waals surface area contributed by atoms with E-state index < -0.39 is 35.9 Å². The topological polar surface area (TPSA) is 218 Å². The maximum Gasteiger partial charge on any atom is 0.295 e. The molecule has 0 unspecified atom stereocenters. The van der Waals surface area contributed by atoms with Gasteiger partial charge in [-0.2, -0.15) is 27.1 Å². The molecular weight excluding hydrogens is 564 g/mol. The highest BCUT2D eigenvalue weighted by Gasteiger charge is 2.20. The highest BCUT2D eigenvalue weighted by atomic mass is 32.2. The molecule has 0 aliphatic heterocycles. The number of carbonyl (C=O) groups is 1. The van der Waals surface area contributed by atoms with Crippen molar-refractivity contribution >= 4 is 59.7 Å². The highest BCUT2D eigenvalue weighted by molar-refractivity contribution is 7.86. The zero-order valence-corrected chi connectivity index (χ0v) is 22.1. The molecule has 0 bridgehead atoms. The minimum Gasteiger partial charge on any atom is -0.489 e. The number of ether oxygens (including phenoxy) is 1. The number of carbonyl (C=O) groups excluding carboxylic acids is 1. The van der Waals surface area contributed by atoms with Gasteiger partial charge in [-0.3, -0.25) is 13.9 Å². The summed E-state index contributed by atoms with van der Waals surface area (Å²) in [4.78, 5) is 11.2. The Morgan fingerprint density at radius 1 is 0.850 bits per heavy atom. The predicted octanol–water partition coefficient (Wildman–Crippen LogP) is 3.95. The van der Waals surface area contributed by atoms with Crippen molar-refractivity contribution in [2.24, 2.45) is 10.2 Å². The van der Waals surface area contributed by atoms with Crippen LogP contribution in [0.3, 0.4) is 0 Å². The van der Waals surface area contributed by atoms with Crippen LogP contribution in [0.2, 0.25) is 0 Å². The summed E-state index contributed by atoms with van der Waals surface area (Å²) < 4.78 is 71.4. The molecular formula is C25H22N4O9S2. The molecule has 0 aliphatic carbocycles. The second kappa shape index (κ2) is 11.4. The van der Waals surface area contributed by atoms with Gasteiger partial charge in [0.15, 0.2) is 0 Å². The summed E-state index contributed by atoms with van der Waals surface area (Å²) in [6.07, 6.45) is 0. The number of aliphatic hydroxyl groups is 1. The van der Waals surface area contributed by atoms with E-state index in [9.17, 15) is 35.8 Å². The third-order valence-electron chi connectivity index (χ3n) is 5.47. The van der Waals surface area contributed by atoms with Crippen molar-refractivity contribution < 1.29 is 40.6 Å². The van der Waals surface area contributed by atoms with Gasteiger partial charge in [0, 0.05) is 22.7 Å². The van der Waals surface area contributed by atoms with E-state index in [1.54, 1.807) is 24.3 Å². The molecule has 40 heavy (non-hydrogen) atoms. The molecule has 0 spiro atoms. The van der Waals surface area contributed by atoms with E-state index in [2.05, 4.69) is 15.5 Å². The number of azo groups is 1. The van der Waals surface area contributed by atoms with Gasteiger partial charge in [0.2, 0.25) is 0 Å². The summed E-state index contributed by atoms with van der Waals surface area (Å²) in [7, 11) is -9.62. The SMILES string of the molecule is Nc1ccc(C(=O)Nc2ccc(N=Nc3ccc4cc(S(=O)(=O)O)cc(S(=O)(=O)O)c4c3)cc2OCCO)cc1. The molecule has 0 heterocycles. The predicted molar refractivity (Wildman–Crippen MR) is 146 cm³/mol. The molecule has 0 aliphatic rings. The minimum absolute atomic E-state index is 0.0564. The molecule has 1 amide bonds. The monoisotopic (exact) mass is 586 g/mol. The van der Waals surface area contributed by atoms with Gasteiger partial charge in [-0.05, 0) is 66.0 Å². The molecule has 4 rings (SSSR count). The number of rotatable bonds is 9. The first-order valence-electron chi connectivity index (χ1n) is 11.3. The molecule has 6 N–H and O–H groups in total. The van der Waals surface area contributed by atoms with Crippen LogP contribution in [0.15, 0.2) is 92.8 Å². The summed E-state index contributed by atoms with van der Waals surface area (Å²) in [5.74, 6) is -0.231. The number of fused-ring (bicyclic) bond motifs is 1. The second-order valence-corrected chi connectivity index (χ2v) is 11.1. The Morgan fingerprint density at radius 3 is 2.12 bits per heavy atom. The molecule has 4 aromatic rings. The summed E-state index contributed by atoms with van der Waals surface area (Å²) in [5, 5.41) is 20.1. The van der Waals surface area contributed by atoms with E-state index >= 15 is 0 Å². The van der Waals surface area contributed by atoms with Gasteiger partial charge >= 0.3 is 0 Å². The van der Waals surface area contributed by atoms with Crippen LogP contribution in [0.1, 0.15) is 10.4 Å². The normalized spacial score (nSPS) is 12.1.